The maximum absolute atomic E-state index is 12.3. The van der Waals surface area contributed by atoms with Gasteiger partial charge in [0.15, 0.2) is 0 Å². The van der Waals surface area contributed by atoms with E-state index in [1.54, 1.807) is 17.0 Å². The molecule has 7 heteroatoms. The monoisotopic (exact) mass is 404 g/mol. The average Bonchev–Trinajstić information content (AvgIpc) is 2.38. The third kappa shape index (κ3) is 3.85. The van der Waals surface area contributed by atoms with E-state index in [0.717, 1.165) is 22.8 Å². The van der Waals surface area contributed by atoms with Crippen LogP contribution in [0.25, 0.3) is 0 Å². The Kier molecular flexibility index (Phi) is 5.40. The fraction of sp³-hybridized carbons (Fsp3) is 0.429. The van der Waals surface area contributed by atoms with Crippen molar-refractivity contribution in [3.63, 3.8) is 0 Å². The van der Waals surface area contributed by atoms with Gasteiger partial charge in [0.05, 0.1) is 17.9 Å². The smallest absolute Gasteiger partial charge is 0.337 e. The van der Waals surface area contributed by atoms with Crippen LogP contribution in [-0.4, -0.2) is 46.3 Å². The van der Waals surface area contributed by atoms with E-state index in [0.29, 0.717) is 0 Å². The Morgan fingerprint density at radius 2 is 2.10 bits per heavy atom. The van der Waals surface area contributed by atoms with Crippen molar-refractivity contribution in [2.24, 2.45) is 0 Å². The Hall–Kier alpha value is -1.35. The quantitative estimate of drug-likeness (QED) is 0.658. The number of carboxylic acids is 1. The van der Waals surface area contributed by atoms with Crippen LogP contribution in [0.1, 0.15) is 29.6 Å². The number of anilines is 1. The molecule has 1 aromatic carbocycles. The number of benzene rings is 1. The summed E-state index contributed by atoms with van der Waals surface area (Å²) in [4.78, 5) is 25.1. The largest absolute Gasteiger partial charge is 0.478 e. The van der Waals surface area contributed by atoms with Crippen molar-refractivity contribution < 1.29 is 19.8 Å². The van der Waals surface area contributed by atoms with Crippen LogP contribution < -0.4 is 5.32 Å². The van der Waals surface area contributed by atoms with Gasteiger partial charge in [0.25, 0.3) is 0 Å². The Balaban J connectivity index is 2.15. The fourth-order valence-electron chi connectivity index (χ4n) is 2.25. The number of carboxylic acid groups (broad SMARTS) is 1. The lowest BCUT2D eigenvalue weighted by molar-refractivity contribution is 0.0698. The molecule has 0 unspecified atom stereocenters. The van der Waals surface area contributed by atoms with Crippen LogP contribution in [0.15, 0.2) is 18.2 Å². The van der Waals surface area contributed by atoms with E-state index in [9.17, 15) is 14.7 Å². The first kappa shape index (κ1) is 16.0. The topological polar surface area (TPSA) is 89.9 Å². The third-order valence-corrected chi connectivity index (χ3v) is 4.24. The van der Waals surface area contributed by atoms with Crippen molar-refractivity contribution in [1.82, 2.24) is 4.90 Å². The number of aliphatic hydroxyl groups is 1. The van der Waals surface area contributed by atoms with E-state index < -0.39 is 5.97 Å². The first-order valence-corrected chi connectivity index (χ1v) is 7.82. The van der Waals surface area contributed by atoms with Crippen LogP contribution in [0.2, 0.25) is 0 Å². The summed E-state index contributed by atoms with van der Waals surface area (Å²) >= 11 is 2.02. The van der Waals surface area contributed by atoms with Gasteiger partial charge in [0.1, 0.15) is 0 Å². The van der Waals surface area contributed by atoms with Crippen molar-refractivity contribution in [2.45, 2.75) is 25.3 Å². The molecule has 0 aliphatic heterocycles. The highest BCUT2D eigenvalue weighted by Gasteiger charge is 2.28. The number of hydrogen-bond acceptors (Lipinski definition) is 3. The van der Waals surface area contributed by atoms with Gasteiger partial charge in [-0.3, -0.25) is 0 Å². The first-order valence-electron chi connectivity index (χ1n) is 6.74. The minimum absolute atomic E-state index is 0.0628. The molecular formula is C14H17IN2O4. The molecule has 1 aromatic rings. The molecule has 21 heavy (non-hydrogen) atoms. The number of aliphatic hydroxyl groups excluding tert-OH is 1. The predicted molar refractivity (Wildman–Crippen MR) is 86.6 cm³/mol. The number of hydrogen-bond donors (Lipinski definition) is 3. The SMILES string of the molecule is O=C(O)c1cc(I)ccc1NC(=O)N(CCO)C1CCC1. The lowest BCUT2D eigenvalue weighted by atomic mass is 9.91. The molecule has 0 spiro atoms. The number of amides is 2. The zero-order valence-corrected chi connectivity index (χ0v) is 13.5. The predicted octanol–water partition coefficient (Wildman–Crippen LogP) is 2.37. The molecule has 3 N–H and O–H groups in total. The lowest BCUT2D eigenvalue weighted by Gasteiger charge is -2.37. The maximum Gasteiger partial charge on any atom is 0.337 e. The number of nitrogens with zero attached hydrogens (tertiary/aromatic N) is 1. The van der Waals surface area contributed by atoms with Crippen LogP contribution >= 0.6 is 22.6 Å². The lowest BCUT2D eigenvalue weighted by Crippen LogP contribution is -2.47. The normalized spacial score (nSPS) is 14.4. The summed E-state index contributed by atoms with van der Waals surface area (Å²) < 4.78 is 0.786. The van der Waals surface area contributed by atoms with E-state index in [2.05, 4.69) is 5.32 Å². The molecule has 1 fully saturated rings. The molecule has 1 aliphatic carbocycles. The summed E-state index contributed by atoms with van der Waals surface area (Å²) in [5, 5.41) is 20.9. The summed E-state index contributed by atoms with van der Waals surface area (Å²) in [6.07, 6.45) is 2.92. The fourth-order valence-corrected chi connectivity index (χ4v) is 2.74. The minimum Gasteiger partial charge on any atom is -0.478 e. The van der Waals surface area contributed by atoms with Crippen LogP contribution in [0, 0.1) is 3.57 Å². The van der Waals surface area contributed by atoms with Crippen molar-refractivity contribution in [3.05, 3.63) is 27.3 Å². The minimum atomic E-state index is -1.08. The molecule has 1 aliphatic rings. The second-order valence-electron chi connectivity index (χ2n) is 4.93. The van der Waals surface area contributed by atoms with Crippen molar-refractivity contribution in [1.29, 1.82) is 0 Å². The second kappa shape index (κ2) is 7.08. The number of rotatable bonds is 5. The summed E-state index contributed by atoms with van der Waals surface area (Å²) in [6, 6.07) is 4.61. The zero-order chi connectivity index (χ0) is 15.4. The second-order valence-corrected chi connectivity index (χ2v) is 6.17. The molecule has 6 nitrogen and oxygen atoms in total. The Morgan fingerprint density at radius 1 is 1.38 bits per heavy atom. The molecule has 1 saturated carbocycles. The highest BCUT2D eigenvalue weighted by atomic mass is 127. The highest BCUT2D eigenvalue weighted by molar-refractivity contribution is 14.1. The van der Waals surface area contributed by atoms with Gasteiger partial charge in [-0.25, -0.2) is 9.59 Å². The highest BCUT2D eigenvalue weighted by Crippen LogP contribution is 2.26. The standard InChI is InChI=1S/C14H17IN2O4/c15-9-4-5-12(11(8-9)13(19)20)16-14(21)17(6-7-18)10-2-1-3-10/h4-5,8,10,18H,1-3,6-7H2,(H,16,21)(H,19,20). The Morgan fingerprint density at radius 3 is 2.62 bits per heavy atom. The van der Waals surface area contributed by atoms with Gasteiger partial charge in [-0.05, 0) is 60.1 Å². The molecule has 0 bridgehead atoms. The van der Waals surface area contributed by atoms with Crippen molar-refractivity contribution in [3.8, 4) is 0 Å². The van der Waals surface area contributed by atoms with E-state index in [-0.39, 0.29) is 36.5 Å². The number of carbonyl (C=O) groups is 2. The summed E-state index contributed by atoms with van der Waals surface area (Å²) in [5.74, 6) is -1.08. The Labute approximate surface area is 136 Å². The van der Waals surface area contributed by atoms with Gasteiger partial charge < -0.3 is 20.4 Å². The van der Waals surface area contributed by atoms with E-state index >= 15 is 0 Å². The molecular weight excluding hydrogens is 387 g/mol. The van der Waals surface area contributed by atoms with Gasteiger partial charge >= 0.3 is 12.0 Å². The molecule has 0 radical (unpaired) electrons. The maximum atomic E-state index is 12.3. The van der Waals surface area contributed by atoms with E-state index in [4.69, 9.17) is 5.11 Å². The number of aromatic carboxylic acids is 1. The average molecular weight is 404 g/mol. The van der Waals surface area contributed by atoms with E-state index in [1.807, 2.05) is 22.6 Å². The summed E-state index contributed by atoms with van der Waals surface area (Å²) in [5.41, 5.74) is 0.336. The van der Waals surface area contributed by atoms with Crippen LogP contribution in [0.3, 0.4) is 0 Å². The number of halogens is 1. The van der Waals surface area contributed by atoms with Crippen LogP contribution in [0.5, 0.6) is 0 Å². The molecule has 2 amide bonds. The number of urea groups is 1. The summed E-state index contributed by atoms with van der Waals surface area (Å²) in [6.45, 7) is 0.145. The molecule has 0 heterocycles. The molecule has 114 valence electrons. The van der Waals surface area contributed by atoms with Crippen molar-refractivity contribution >= 4 is 40.3 Å². The van der Waals surface area contributed by atoms with Crippen LogP contribution in [0.4, 0.5) is 10.5 Å². The van der Waals surface area contributed by atoms with Gasteiger partial charge in [0.2, 0.25) is 0 Å². The summed E-state index contributed by atoms with van der Waals surface area (Å²) in [7, 11) is 0. The van der Waals surface area contributed by atoms with E-state index in [1.165, 1.54) is 6.07 Å². The Bertz CT molecular complexity index is 546. The number of carbonyl (C=O) groups excluding carboxylic acids is 1. The molecule has 2 rings (SSSR count). The number of nitrogens with one attached hydrogen (secondary N) is 1. The molecule has 0 aromatic heterocycles. The molecule has 0 atom stereocenters. The van der Waals surface area contributed by atoms with Gasteiger partial charge in [0, 0.05) is 16.2 Å². The van der Waals surface area contributed by atoms with Gasteiger partial charge in [-0.15, -0.1) is 0 Å². The first-order chi connectivity index (χ1) is 10.0. The zero-order valence-electron chi connectivity index (χ0n) is 11.4. The van der Waals surface area contributed by atoms with Gasteiger partial charge in [-0.1, -0.05) is 0 Å². The third-order valence-electron chi connectivity index (χ3n) is 3.57. The molecule has 0 saturated heterocycles. The van der Waals surface area contributed by atoms with Crippen molar-refractivity contribution in [2.75, 3.05) is 18.5 Å². The van der Waals surface area contributed by atoms with Crippen LogP contribution in [-0.2, 0) is 0 Å². The van der Waals surface area contributed by atoms with Gasteiger partial charge in [-0.2, -0.15) is 0 Å².